The molecule has 0 bridgehead atoms. The molecule has 1 aliphatic rings. The zero-order valence-electron chi connectivity index (χ0n) is 26.4. The lowest BCUT2D eigenvalue weighted by Crippen LogP contribution is -2.53. The first-order valence-electron chi connectivity index (χ1n) is 15.1. The average molecular weight is 716 g/mol. The van der Waals surface area contributed by atoms with E-state index >= 15 is 0 Å². The van der Waals surface area contributed by atoms with Gasteiger partial charge in [-0.1, -0.05) is 69.6 Å². The Labute approximate surface area is 286 Å². The highest BCUT2D eigenvalue weighted by Gasteiger charge is 2.54. The molecule has 48 heavy (non-hydrogen) atoms. The Bertz CT molecular complexity index is 1810. The topological polar surface area (TPSA) is 159 Å². The minimum Gasteiger partial charge on any atom is -0.497 e. The van der Waals surface area contributed by atoms with Gasteiger partial charge in [0.05, 0.1) is 20.8 Å². The largest absolute Gasteiger partial charge is 0.497 e. The fourth-order valence-electron chi connectivity index (χ4n) is 5.37. The van der Waals surface area contributed by atoms with E-state index < -0.39 is 17.6 Å². The van der Waals surface area contributed by atoms with E-state index in [2.05, 4.69) is 36.8 Å². The van der Waals surface area contributed by atoms with E-state index in [-0.39, 0.29) is 25.5 Å². The summed E-state index contributed by atoms with van der Waals surface area (Å²) in [5.74, 6) is 1.65. The average Bonchev–Trinajstić information content (AvgIpc) is 3.50. The third kappa shape index (κ3) is 7.72. The third-order valence-corrected chi connectivity index (χ3v) is 8.52. The Kier molecular flexibility index (Phi) is 11.5. The molecule has 4 aromatic carbocycles. The maximum Gasteiger partial charge on any atom is 0.266 e. The van der Waals surface area contributed by atoms with Crippen LogP contribution in [-0.2, 0) is 22.5 Å². The van der Waals surface area contributed by atoms with E-state index in [1.807, 2.05) is 42.5 Å². The van der Waals surface area contributed by atoms with E-state index in [1.165, 1.54) is 0 Å². The number of aliphatic hydroxyl groups excluding tert-OH is 1. The first kappa shape index (κ1) is 34.3. The van der Waals surface area contributed by atoms with Gasteiger partial charge >= 0.3 is 0 Å². The van der Waals surface area contributed by atoms with Crippen LogP contribution in [0.25, 0.3) is 10.4 Å². The SMILES string of the molecule is COc1ccc(CNNC(=O)[C@@]2(Cc3ccccc3N=[N+]=[N-])N=C(c3ccc(OCCCO)cc3)O[C@H]2c2ccccc2Br)c(OC)c1. The van der Waals surface area contributed by atoms with E-state index in [4.69, 9.17) is 29.0 Å². The molecule has 1 aliphatic heterocycles. The molecule has 1 amide bonds. The molecular weight excluding hydrogens is 680 g/mol. The zero-order chi connectivity index (χ0) is 33.9. The van der Waals surface area contributed by atoms with Gasteiger partial charge in [-0.25, -0.2) is 10.4 Å². The number of benzene rings is 4. The third-order valence-electron chi connectivity index (χ3n) is 7.80. The number of methoxy groups -OCH3 is 2. The number of azide groups is 1. The monoisotopic (exact) mass is 714 g/mol. The summed E-state index contributed by atoms with van der Waals surface area (Å²) in [7, 11) is 3.14. The van der Waals surface area contributed by atoms with Gasteiger partial charge in [-0.2, -0.15) is 0 Å². The van der Waals surface area contributed by atoms with Gasteiger partial charge < -0.3 is 24.1 Å². The van der Waals surface area contributed by atoms with Crippen molar-refractivity contribution in [1.82, 2.24) is 10.9 Å². The van der Waals surface area contributed by atoms with Crippen LogP contribution in [0.5, 0.6) is 17.2 Å². The van der Waals surface area contributed by atoms with Crippen LogP contribution in [-0.4, -0.2) is 49.9 Å². The number of hydrogen-bond acceptors (Lipinski definition) is 9. The highest BCUT2D eigenvalue weighted by molar-refractivity contribution is 9.10. The zero-order valence-corrected chi connectivity index (χ0v) is 28.0. The number of hydrogen-bond donors (Lipinski definition) is 3. The predicted octanol–water partition coefficient (Wildman–Crippen LogP) is 6.49. The van der Waals surface area contributed by atoms with E-state index in [9.17, 15) is 10.3 Å². The van der Waals surface area contributed by atoms with Crippen molar-refractivity contribution in [3.8, 4) is 17.2 Å². The highest BCUT2D eigenvalue weighted by atomic mass is 79.9. The Morgan fingerprint density at radius 2 is 1.77 bits per heavy atom. The number of aliphatic imine (C=N–C) groups is 1. The lowest BCUT2D eigenvalue weighted by atomic mass is 9.81. The number of rotatable bonds is 15. The number of carbonyl (C=O) groups is 1. The summed E-state index contributed by atoms with van der Waals surface area (Å²) in [6.45, 7) is 0.647. The van der Waals surface area contributed by atoms with E-state index in [0.717, 1.165) is 10.0 Å². The van der Waals surface area contributed by atoms with Gasteiger partial charge in [0.15, 0.2) is 11.6 Å². The first-order valence-corrected chi connectivity index (χ1v) is 15.9. The summed E-state index contributed by atoms with van der Waals surface area (Å²) >= 11 is 3.66. The molecule has 4 aromatic rings. The lowest BCUT2D eigenvalue weighted by Gasteiger charge is -2.31. The maximum absolute atomic E-state index is 14.6. The Morgan fingerprint density at radius 3 is 2.50 bits per heavy atom. The number of ether oxygens (including phenoxy) is 4. The second-order valence-corrected chi connectivity index (χ2v) is 11.6. The normalized spacial score (nSPS) is 16.7. The number of amides is 1. The summed E-state index contributed by atoms with van der Waals surface area (Å²) in [6.07, 6.45) is -0.334. The number of aliphatic hydroxyl groups is 1. The molecule has 5 rings (SSSR count). The van der Waals surface area contributed by atoms with E-state index in [0.29, 0.717) is 52.7 Å². The molecule has 248 valence electrons. The summed E-state index contributed by atoms with van der Waals surface area (Å²) in [4.78, 5) is 22.6. The minimum atomic E-state index is -1.56. The molecule has 0 saturated carbocycles. The number of nitrogens with zero attached hydrogens (tertiary/aromatic N) is 4. The number of halogens is 1. The van der Waals surface area contributed by atoms with Gasteiger partial charge in [0.25, 0.3) is 5.91 Å². The molecule has 0 spiro atoms. The van der Waals surface area contributed by atoms with Crippen molar-refractivity contribution < 1.29 is 28.8 Å². The van der Waals surface area contributed by atoms with Crippen molar-refractivity contribution in [3.63, 3.8) is 0 Å². The van der Waals surface area contributed by atoms with Crippen LogP contribution in [0.15, 0.2) is 106 Å². The van der Waals surface area contributed by atoms with Crippen LogP contribution in [0.4, 0.5) is 5.69 Å². The molecule has 0 aliphatic carbocycles. The smallest absolute Gasteiger partial charge is 0.266 e. The second-order valence-electron chi connectivity index (χ2n) is 10.8. The molecule has 0 unspecified atom stereocenters. The van der Waals surface area contributed by atoms with Gasteiger partial charge in [0.2, 0.25) is 5.90 Å². The Hall–Kier alpha value is -5.07. The van der Waals surface area contributed by atoms with Crippen molar-refractivity contribution in [3.05, 3.63) is 128 Å². The lowest BCUT2D eigenvalue weighted by molar-refractivity contribution is -0.130. The number of hydrazine groups is 1. The van der Waals surface area contributed by atoms with Gasteiger partial charge in [0, 0.05) is 63.8 Å². The van der Waals surface area contributed by atoms with Crippen molar-refractivity contribution in [2.75, 3.05) is 27.4 Å². The standard InChI is InChI=1S/C35H35BrN6O6/c1-45-27-17-14-25(31(20-27)46-2)22-38-41-34(44)35(21-24-8-3-6-11-30(24)40-42-37)32(28-9-4-5-10-29(28)36)48-33(39-35)23-12-15-26(16-13-23)47-19-7-18-43/h3-6,8-17,20,32,38,43H,7,18-19,21-22H2,1-2H3,(H,41,44)/t32-,35-/m0/s1. The molecule has 2 atom stereocenters. The summed E-state index contributed by atoms with van der Waals surface area (Å²) in [5, 5.41) is 13.0. The molecule has 12 nitrogen and oxygen atoms in total. The van der Waals surface area contributed by atoms with Crippen LogP contribution in [0.1, 0.15) is 34.8 Å². The van der Waals surface area contributed by atoms with E-state index in [1.54, 1.807) is 62.8 Å². The summed E-state index contributed by atoms with van der Waals surface area (Å²) < 4.78 is 23.9. The van der Waals surface area contributed by atoms with Gasteiger partial charge in [-0.05, 0) is 47.5 Å². The molecule has 0 fully saturated rings. The van der Waals surface area contributed by atoms with Crippen molar-refractivity contribution in [2.24, 2.45) is 10.1 Å². The molecule has 3 N–H and O–H groups in total. The molecule has 13 heteroatoms. The van der Waals surface area contributed by atoms with Gasteiger partial charge in [-0.15, -0.1) is 0 Å². The summed E-state index contributed by atoms with van der Waals surface area (Å²) in [6, 6.07) is 27.2. The van der Waals surface area contributed by atoms with Crippen LogP contribution in [0.3, 0.4) is 0 Å². The molecule has 0 saturated heterocycles. The van der Waals surface area contributed by atoms with Crippen LogP contribution < -0.4 is 25.1 Å². The predicted molar refractivity (Wildman–Crippen MR) is 184 cm³/mol. The summed E-state index contributed by atoms with van der Waals surface area (Å²) in [5.41, 5.74) is 16.8. The fraction of sp³-hybridized carbons (Fsp3) is 0.257. The number of carbonyl (C=O) groups excluding carboxylic acids is 1. The molecule has 1 heterocycles. The van der Waals surface area contributed by atoms with Crippen LogP contribution >= 0.6 is 15.9 Å². The Morgan fingerprint density at radius 1 is 1.02 bits per heavy atom. The maximum atomic E-state index is 14.6. The molecular formula is C35H35BrN6O6. The Balaban J connectivity index is 1.56. The van der Waals surface area contributed by atoms with Crippen molar-refractivity contribution in [1.29, 1.82) is 0 Å². The van der Waals surface area contributed by atoms with Gasteiger partial charge in [-0.3, -0.25) is 10.2 Å². The molecule has 0 radical (unpaired) electrons. The minimum absolute atomic E-state index is 0.0363. The van der Waals surface area contributed by atoms with Crippen molar-refractivity contribution in [2.45, 2.75) is 31.0 Å². The van der Waals surface area contributed by atoms with Crippen molar-refractivity contribution >= 4 is 33.4 Å². The first-order chi connectivity index (χ1) is 23.4. The van der Waals surface area contributed by atoms with Gasteiger partial charge in [0.1, 0.15) is 17.2 Å². The van der Waals surface area contributed by atoms with Crippen LogP contribution in [0.2, 0.25) is 0 Å². The highest BCUT2D eigenvalue weighted by Crippen LogP contribution is 2.45. The number of nitrogens with one attached hydrogen (secondary N) is 2. The quantitative estimate of drug-likeness (QED) is 0.0417. The molecule has 0 aromatic heterocycles. The second kappa shape index (κ2) is 16.2. The van der Waals surface area contributed by atoms with Crippen LogP contribution in [0, 0.1) is 0 Å². The fourth-order valence-corrected chi connectivity index (χ4v) is 5.86.